The van der Waals surface area contributed by atoms with Crippen LogP contribution >= 0.6 is 0 Å². The monoisotopic (exact) mass is 422 g/mol. The Bertz CT molecular complexity index is 970. The molecule has 0 aliphatic heterocycles. The van der Waals surface area contributed by atoms with E-state index in [9.17, 15) is 8.78 Å². The molecule has 0 N–H and O–H groups in total. The first-order chi connectivity index (χ1) is 15.0. The molecular formula is C27H28F2O2. The third-order valence-corrected chi connectivity index (χ3v) is 5.86. The number of para-hydroxylation sites is 1. The summed E-state index contributed by atoms with van der Waals surface area (Å²) in [4.78, 5) is 0. The van der Waals surface area contributed by atoms with Crippen molar-refractivity contribution in [2.24, 2.45) is 5.92 Å². The second-order valence-electron chi connectivity index (χ2n) is 7.67. The highest BCUT2D eigenvalue weighted by molar-refractivity contribution is 5.38. The number of allylic oxidation sites excluding steroid dienone is 1. The van der Waals surface area contributed by atoms with E-state index in [1.54, 1.807) is 12.1 Å². The summed E-state index contributed by atoms with van der Waals surface area (Å²) in [6.45, 7) is 5.60. The van der Waals surface area contributed by atoms with Crippen LogP contribution in [0, 0.1) is 5.92 Å². The highest BCUT2D eigenvalue weighted by Gasteiger charge is 2.33. The molecule has 2 unspecified atom stereocenters. The van der Waals surface area contributed by atoms with E-state index in [0.717, 1.165) is 29.9 Å². The molecule has 0 bridgehead atoms. The molecule has 2 atom stereocenters. The lowest BCUT2D eigenvalue weighted by atomic mass is 9.67. The third kappa shape index (κ3) is 5.52. The zero-order valence-electron chi connectivity index (χ0n) is 17.9. The molecule has 0 aliphatic rings. The predicted octanol–water partition coefficient (Wildman–Crippen LogP) is 7.79. The number of benzene rings is 3. The van der Waals surface area contributed by atoms with Crippen LogP contribution in [-0.4, -0.2) is 6.61 Å². The number of halogens is 2. The molecule has 162 valence electrons. The number of alkyl halides is 2. The van der Waals surface area contributed by atoms with E-state index >= 15 is 0 Å². The van der Waals surface area contributed by atoms with E-state index in [1.807, 2.05) is 60.7 Å². The minimum absolute atomic E-state index is 0.159. The fourth-order valence-corrected chi connectivity index (χ4v) is 4.14. The van der Waals surface area contributed by atoms with E-state index in [4.69, 9.17) is 4.74 Å². The van der Waals surface area contributed by atoms with Crippen LogP contribution in [0.4, 0.5) is 8.78 Å². The zero-order valence-corrected chi connectivity index (χ0v) is 17.9. The fraction of sp³-hybridized carbons (Fsp3) is 0.259. The van der Waals surface area contributed by atoms with Gasteiger partial charge in [0.05, 0.1) is 0 Å². The summed E-state index contributed by atoms with van der Waals surface area (Å²) in [7, 11) is 0. The molecule has 0 saturated heterocycles. The molecule has 0 radical (unpaired) electrons. The van der Waals surface area contributed by atoms with Gasteiger partial charge < -0.3 is 9.47 Å². The van der Waals surface area contributed by atoms with E-state index in [0.29, 0.717) is 0 Å². The lowest BCUT2D eigenvalue weighted by Crippen LogP contribution is -2.32. The van der Waals surface area contributed by atoms with Gasteiger partial charge in [-0.15, -0.1) is 6.58 Å². The maximum atomic E-state index is 12.5. The Morgan fingerprint density at radius 3 is 2.19 bits per heavy atom. The van der Waals surface area contributed by atoms with Crippen molar-refractivity contribution < 1.29 is 18.3 Å². The number of hydrogen-bond donors (Lipinski definition) is 0. The van der Waals surface area contributed by atoms with Crippen LogP contribution in [0.1, 0.15) is 31.4 Å². The molecule has 0 heterocycles. The van der Waals surface area contributed by atoms with Crippen molar-refractivity contribution in [3.8, 4) is 17.2 Å². The Labute approximate surface area is 183 Å². The highest BCUT2D eigenvalue weighted by atomic mass is 19.3. The third-order valence-electron chi connectivity index (χ3n) is 5.86. The van der Waals surface area contributed by atoms with Crippen LogP contribution in [0.15, 0.2) is 91.5 Å². The molecule has 3 aromatic carbocycles. The topological polar surface area (TPSA) is 18.5 Å². The van der Waals surface area contributed by atoms with Crippen molar-refractivity contribution in [2.75, 3.05) is 0 Å². The second-order valence-corrected chi connectivity index (χ2v) is 7.67. The van der Waals surface area contributed by atoms with Crippen LogP contribution in [0.5, 0.6) is 17.2 Å². The predicted molar refractivity (Wildman–Crippen MR) is 121 cm³/mol. The Hall–Kier alpha value is -3.14. The first-order valence-corrected chi connectivity index (χ1v) is 10.5. The maximum absolute atomic E-state index is 12.5. The van der Waals surface area contributed by atoms with Gasteiger partial charge in [0.15, 0.2) is 0 Å². The lowest BCUT2D eigenvalue weighted by molar-refractivity contribution is -0.0498. The number of ether oxygens (including phenoxy) is 2. The van der Waals surface area contributed by atoms with Gasteiger partial charge in [0.1, 0.15) is 17.2 Å². The average Bonchev–Trinajstić information content (AvgIpc) is 2.77. The van der Waals surface area contributed by atoms with Crippen molar-refractivity contribution in [3.63, 3.8) is 0 Å². The molecule has 4 heteroatoms. The van der Waals surface area contributed by atoms with Crippen LogP contribution < -0.4 is 9.47 Å². The van der Waals surface area contributed by atoms with Gasteiger partial charge in [-0.2, -0.15) is 8.78 Å². The first-order valence-electron chi connectivity index (χ1n) is 10.5. The van der Waals surface area contributed by atoms with Gasteiger partial charge in [0.25, 0.3) is 0 Å². The van der Waals surface area contributed by atoms with Gasteiger partial charge in [-0.3, -0.25) is 0 Å². The summed E-state index contributed by atoms with van der Waals surface area (Å²) >= 11 is 0. The molecule has 31 heavy (non-hydrogen) atoms. The van der Waals surface area contributed by atoms with Crippen LogP contribution in [-0.2, 0) is 11.8 Å². The van der Waals surface area contributed by atoms with Gasteiger partial charge in [-0.1, -0.05) is 62.4 Å². The SMILES string of the molecule is C=CC(CC)(c1ccc(OC(F)F)cc1)C(C)Cc1cccc(Oc2ccccc2)c1. The van der Waals surface area contributed by atoms with Crippen molar-refractivity contribution >= 4 is 0 Å². The molecular weight excluding hydrogens is 394 g/mol. The average molecular weight is 423 g/mol. The van der Waals surface area contributed by atoms with E-state index in [-0.39, 0.29) is 17.1 Å². The number of hydrogen-bond acceptors (Lipinski definition) is 2. The van der Waals surface area contributed by atoms with E-state index in [1.165, 1.54) is 5.56 Å². The molecule has 0 amide bonds. The van der Waals surface area contributed by atoms with E-state index in [2.05, 4.69) is 37.3 Å². The summed E-state index contributed by atoms with van der Waals surface area (Å²) in [6, 6.07) is 24.7. The van der Waals surface area contributed by atoms with Gasteiger partial charge in [-0.25, -0.2) is 0 Å². The Morgan fingerprint density at radius 2 is 1.58 bits per heavy atom. The molecule has 2 nitrogen and oxygen atoms in total. The summed E-state index contributed by atoms with van der Waals surface area (Å²) in [5, 5.41) is 0. The summed E-state index contributed by atoms with van der Waals surface area (Å²) in [5.74, 6) is 1.98. The minimum atomic E-state index is -2.83. The second kappa shape index (κ2) is 10.3. The lowest BCUT2D eigenvalue weighted by Gasteiger charge is -2.37. The number of rotatable bonds is 10. The molecule has 3 rings (SSSR count). The van der Waals surface area contributed by atoms with Gasteiger partial charge in [0, 0.05) is 5.41 Å². The van der Waals surface area contributed by atoms with Crippen molar-refractivity contribution in [1.29, 1.82) is 0 Å². The van der Waals surface area contributed by atoms with Crippen molar-refractivity contribution in [3.05, 3.63) is 103 Å². The molecule has 0 aliphatic carbocycles. The standard InChI is InChI=1S/C27H28F2O2/c1-4-27(5-2,22-14-16-24(17-15-22)31-26(28)29)20(3)18-21-10-9-13-25(19-21)30-23-11-7-6-8-12-23/h4,6-17,19-20,26H,1,5,18H2,2-3H3. The Morgan fingerprint density at radius 1 is 0.903 bits per heavy atom. The van der Waals surface area contributed by atoms with Gasteiger partial charge in [0.2, 0.25) is 0 Å². The minimum Gasteiger partial charge on any atom is -0.457 e. The van der Waals surface area contributed by atoms with Gasteiger partial charge in [-0.05, 0) is 66.3 Å². The van der Waals surface area contributed by atoms with Crippen LogP contribution in [0.2, 0.25) is 0 Å². The van der Waals surface area contributed by atoms with Crippen molar-refractivity contribution in [2.45, 2.75) is 38.7 Å². The molecule has 0 spiro atoms. The summed E-state index contributed by atoms with van der Waals surface area (Å²) < 4.78 is 35.4. The fourth-order valence-electron chi connectivity index (χ4n) is 4.14. The normalized spacial score (nSPS) is 14.0. The maximum Gasteiger partial charge on any atom is 0.387 e. The summed E-state index contributed by atoms with van der Waals surface area (Å²) in [6.07, 6.45) is 3.64. The largest absolute Gasteiger partial charge is 0.457 e. The molecule has 3 aromatic rings. The first kappa shape index (κ1) is 22.5. The molecule has 0 fully saturated rings. The quantitative estimate of drug-likeness (QED) is 0.310. The zero-order chi connectivity index (χ0) is 22.3. The van der Waals surface area contributed by atoms with Crippen molar-refractivity contribution in [1.82, 2.24) is 0 Å². The van der Waals surface area contributed by atoms with E-state index < -0.39 is 6.61 Å². The summed E-state index contributed by atoms with van der Waals surface area (Å²) in [5.41, 5.74) is 1.91. The van der Waals surface area contributed by atoms with Crippen LogP contribution in [0.3, 0.4) is 0 Å². The smallest absolute Gasteiger partial charge is 0.387 e. The van der Waals surface area contributed by atoms with Gasteiger partial charge >= 0.3 is 6.61 Å². The Balaban J connectivity index is 1.79. The molecule has 0 aromatic heterocycles. The van der Waals surface area contributed by atoms with Crippen LogP contribution in [0.25, 0.3) is 0 Å². The Kier molecular flexibility index (Phi) is 7.45. The highest BCUT2D eigenvalue weighted by Crippen LogP contribution is 2.40. The molecule has 0 saturated carbocycles.